The third-order valence-electron chi connectivity index (χ3n) is 7.71. The van der Waals surface area contributed by atoms with Gasteiger partial charge in [-0.1, -0.05) is 32.6 Å². The molecule has 0 spiro atoms. The number of halogens is 2. The van der Waals surface area contributed by atoms with Crippen molar-refractivity contribution < 1.29 is 13.9 Å². The number of anilines is 1. The lowest BCUT2D eigenvalue weighted by Gasteiger charge is -2.46. The highest BCUT2D eigenvalue weighted by molar-refractivity contribution is 5.90. The molecule has 5 rings (SSSR count). The summed E-state index contributed by atoms with van der Waals surface area (Å²) in [5.41, 5.74) is 1.31. The molecule has 4 aromatic rings. The van der Waals surface area contributed by atoms with Gasteiger partial charge in [-0.2, -0.15) is 4.98 Å². The van der Waals surface area contributed by atoms with Crippen molar-refractivity contribution in [1.82, 2.24) is 24.4 Å². The normalized spacial score (nSPS) is 18.7. The molecule has 1 aliphatic rings. The Morgan fingerprint density at radius 1 is 1.07 bits per heavy atom. The van der Waals surface area contributed by atoms with Gasteiger partial charge in [0.1, 0.15) is 29.4 Å². The minimum atomic E-state index is -0.822. The second kappa shape index (κ2) is 11.1. The summed E-state index contributed by atoms with van der Waals surface area (Å²) in [6, 6.07) is 8.60. The number of aliphatic hydroxyl groups is 1. The van der Waals surface area contributed by atoms with Gasteiger partial charge in [-0.15, -0.1) is 0 Å². The Morgan fingerprint density at radius 2 is 1.80 bits per heavy atom. The van der Waals surface area contributed by atoms with E-state index in [-0.39, 0.29) is 40.7 Å². The summed E-state index contributed by atoms with van der Waals surface area (Å²) in [7, 11) is 0. The van der Waals surface area contributed by atoms with Gasteiger partial charge in [-0.05, 0) is 62.6 Å². The number of benzene rings is 1. The van der Waals surface area contributed by atoms with E-state index in [9.17, 15) is 14.3 Å². The monoisotopic (exact) mass is 560 g/mol. The Kier molecular flexibility index (Phi) is 7.72. The van der Waals surface area contributed by atoms with E-state index in [0.717, 1.165) is 5.56 Å². The fourth-order valence-electron chi connectivity index (χ4n) is 5.61. The quantitative estimate of drug-likeness (QED) is 0.334. The second-order valence-corrected chi connectivity index (χ2v) is 10.9. The van der Waals surface area contributed by atoms with E-state index in [1.807, 2.05) is 44.4 Å². The van der Waals surface area contributed by atoms with Crippen LogP contribution in [0.15, 0.2) is 60.0 Å². The van der Waals surface area contributed by atoms with Gasteiger partial charge in [0.2, 0.25) is 0 Å². The summed E-state index contributed by atoms with van der Waals surface area (Å²) in [4.78, 5) is 31.5. The number of aryl methyl sites for hydroxylation is 1. The van der Waals surface area contributed by atoms with E-state index in [4.69, 9.17) is 0 Å². The van der Waals surface area contributed by atoms with Crippen LogP contribution in [0.3, 0.4) is 0 Å². The number of aromatic nitrogens is 4. The molecule has 1 saturated heterocycles. The highest BCUT2D eigenvalue weighted by Gasteiger charge is 2.34. The van der Waals surface area contributed by atoms with Gasteiger partial charge in [0.15, 0.2) is 5.65 Å². The van der Waals surface area contributed by atoms with E-state index in [1.54, 1.807) is 18.3 Å². The van der Waals surface area contributed by atoms with Crippen molar-refractivity contribution in [3.8, 4) is 16.9 Å². The van der Waals surface area contributed by atoms with Crippen LogP contribution in [-0.2, 0) is 0 Å². The Morgan fingerprint density at radius 3 is 2.49 bits per heavy atom. The fraction of sp³-hybridized carbons (Fsp3) is 0.355. The third kappa shape index (κ3) is 5.02. The minimum Gasteiger partial charge on any atom is -0.375 e. The first-order valence-corrected chi connectivity index (χ1v) is 13.7. The van der Waals surface area contributed by atoms with Gasteiger partial charge in [-0.3, -0.25) is 9.88 Å². The highest BCUT2D eigenvalue weighted by atomic mass is 19.1. The Balaban J connectivity index is 1.82. The molecule has 0 amide bonds. The SMILES string of the molecule is C=CC(O)N1CC(C)N(c2nc(=O)n(-c3c(C)ccnc3C(C)C)c3nc(-c4ccccc4F)c(F)cc23)CC1C. The summed E-state index contributed by atoms with van der Waals surface area (Å²) >= 11 is 0. The lowest BCUT2D eigenvalue weighted by atomic mass is 10.0. The zero-order valence-electron chi connectivity index (χ0n) is 23.8. The lowest BCUT2D eigenvalue weighted by Crippen LogP contribution is -2.59. The maximum absolute atomic E-state index is 15.8. The van der Waals surface area contributed by atoms with Crippen LogP contribution < -0.4 is 10.6 Å². The van der Waals surface area contributed by atoms with Crippen molar-refractivity contribution in [3.63, 3.8) is 0 Å². The highest BCUT2D eigenvalue weighted by Crippen LogP contribution is 2.34. The molecule has 1 fully saturated rings. The van der Waals surface area contributed by atoms with Crippen LogP contribution in [0.4, 0.5) is 14.6 Å². The van der Waals surface area contributed by atoms with Crippen molar-refractivity contribution in [2.24, 2.45) is 0 Å². The van der Waals surface area contributed by atoms with Gasteiger partial charge in [0, 0.05) is 36.9 Å². The van der Waals surface area contributed by atoms with Gasteiger partial charge in [0.05, 0.1) is 16.8 Å². The average molecular weight is 561 g/mol. The zero-order valence-corrected chi connectivity index (χ0v) is 23.8. The summed E-state index contributed by atoms with van der Waals surface area (Å²) in [6.07, 6.45) is 2.33. The van der Waals surface area contributed by atoms with Crippen molar-refractivity contribution in [3.05, 3.63) is 88.6 Å². The first-order chi connectivity index (χ1) is 19.5. The molecule has 3 unspecified atom stereocenters. The van der Waals surface area contributed by atoms with Gasteiger partial charge in [0.25, 0.3) is 0 Å². The average Bonchev–Trinajstić information content (AvgIpc) is 2.94. The first kappa shape index (κ1) is 28.5. The number of piperazine rings is 1. The molecular weight excluding hydrogens is 526 g/mol. The zero-order chi connectivity index (χ0) is 29.6. The largest absolute Gasteiger partial charge is 0.375 e. The van der Waals surface area contributed by atoms with Crippen LogP contribution in [0, 0.1) is 18.6 Å². The number of aliphatic hydroxyl groups excluding tert-OH is 1. The van der Waals surface area contributed by atoms with E-state index in [1.165, 1.54) is 34.9 Å². The van der Waals surface area contributed by atoms with E-state index in [0.29, 0.717) is 29.9 Å². The molecule has 1 N–H and O–H groups in total. The fourth-order valence-corrected chi connectivity index (χ4v) is 5.61. The van der Waals surface area contributed by atoms with Crippen LogP contribution in [0.25, 0.3) is 28.0 Å². The van der Waals surface area contributed by atoms with Crippen molar-refractivity contribution >= 4 is 16.9 Å². The minimum absolute atomic E-state index is 0.00901. The molecule has 0 bridgehead atoms. The Hall–Kier alpha value is -4.02. The topological polar surface area (TPSA) is 87.4 Å². The van der Waals surface area contributed by atoms with Crippen LogP contribution in [-0.4, -0.2) is 60.9 Å². The van der Waals surface area contributed by atoms with Crippen LogP contribution in [0.5, 0.6) is 0 Å². The molecule has 41 heavy (non-hydrogen) atoms. The van der Waals surface area contributed by atoms with Crippen molar-refractivity contribution in [1.29, 1.82) is 0 Å². The van der Waals surface area contributed by atoms with Crippen molar-refractivity contribution in [2.75, 3.05) is 18.0 Å². The Labute approximate surface area is 237 Å². The number of pyridine rings is 2. The summed E-state index contributed by atoms with van der Waals surface area (Å²) < 4.78 is 32.0. The maximum Gasteiger partial charge on any atom is 0.355 e. The summed E-state index contributed by atoms with van der Waals surface area (Å²) in [5.74, 6) is -1.11. The lowest BCUT2D eigenvalue weighted by molar-refractivity contribution is 0.0000492. The molecule has 0 saturated carbocycles. The summed E-state index contributed by atoms with van der Waals surface area (Å²) in [6.45, 7) is 14.3. The van der Waals surface area contributed by atoms with Crippen LogP contribution in [0.1, 0.15) is 44.9 Å². The van der Waals surface area contributed by atoms with Gasteiger partial charge in [-0.25, -0.2) is 23.1 Å². The number of rotatable bonds is 6. The van der Waals surface area contributed by atoms with E-state index in [2.05, 4.69) is 21.5 Å². The first-order valence-electron chi connectivity index (χ1n) is 13.7. The second-order valence-electron chi connectivity index (χ2n) is 10.9. The van der Waals surface area contributed by atoms with E-state index >= 15 is 4.39 Å². The Bertz CT molecular complexity index is 1690. The molecule has 4 heterocycles. The number of nitrogens with zero attached hydrogens (tertiary/aromatic N) is 6. The number of hydrogen-bond donors (Lipinski definition) is 1. The molecule has 1 aliphatic heterocycles. The van der Waals surface area contributed by atoms with Crippen LogP contribution in [0.2, 0.25) is 0 Å². The molecule has 10 heteroatoms. The number of hydrogen-bond acceptors (Lipinski definition) is 7. The van der Waals surface area contributed by atoms with Crippen molar-refractivity contribution in [2.45, 2.75) is 58.8 Å². The van der Waals surface area contributed by atoms with Gasteiger partial charge >= 0.3 is 5.69 Å². The van der Waals surface area contributed by atoms with Crippen LogP contribution >= 0.6 is 0 Å². The third-order valence-corrected chi connectivity index (χ3v) is 7.71. The smallest absolute Gasteiger partial charge is 0.355 e. The maximum atomic E-state index is 15.8. The van der Waals surface area contributed by atoms with Gasteiger partial charge < -0.3 is 10.0 Å². The molecule has 3 aromatic heterocycles. The standard InChI is InChI=1S/C31H34F2N6O2/c1-7-25(40)37-15-20(6)38(16-19(37)5)29-22-14-24(33)27(21-10-8-9-11-23(21)32)35-30(22)39(31(41)36-29)28-18(4)12-13-34-26(28)17(2)3/h7-14,17,19-20,25,40H,1,15-16H2,2-6H3. The predicted molar refractivity (Wildman–Crippen MR) is 156 cm³/mol. The summed E-state index contributed by atoms with van der Waals surface area (Å²) in [5, 5.41) is 10.7. The molecule has 214 valence electrons. The molecular formula is C31H34F2N6O2. The molecule has 8 nitrogen and oxygen atoms in total. The van der Waals surface area contributed by atoms with E-state index < -0.39 is 23.6 Å². The molecule has 3 atom stereocenters. The number of fused-ring (bicyclic) bond motifs is 1. The molecule has 0 aliphatic carbocycles. The molecule has 1 aromatic carbocycles. The predicted octanol–water partition coefficient (Wildman–Crippen LogP) is 4.96. The molecule has 0 radical (unpaired) electrons.